The Bertz CT molecular complexity index is 3560. The predicted octanol–water partition coefficient (Wildman–Crippen LogP) is 7.00. The summed E-state index contributed by atoms with van der Waals surface area (Å²) < 4.78 is 36.2. The lowest BCUT2D eigenvalue weighted by atomic mass is 10.1. The summed E-state index contributed by atoms with van der Waals surface area (Å²) in [6.45, 7) is 2.33. The van der Waals surface area contributed by atoms with Crippen molar-refractivity contribution in [1.82, 2.24) is 40.5 Å². The molecule has 10 rings (SSSR count). The standard InChI is InChI=1S/C27H28N6O6S.C26H26N6O6S/c1-36-19-8-6-16(12-21(19)38-3)29-23-22-25(40-14-28-22)32-27(31-23)33-10-9-17(13-33)30-24(34)15-5-7-18(26(35)39-4)20(11-15)37-2;1-36-19-7-5-15(11-20(19)37-2)28-22-21-24(39-13-27-21)31-26(30-22)32-9-8-16(12-32)29-23(34)14-4-6-17(18(33)10-14)25(35)38-3/h5-8,11-12,14,17H,9-10,13H2,1-4H3,(H,30,34)(H,29,31,32);4-7,10-11,13,16,33H,8-9,12H2,1-3H3,(H,29,34)(H,28,30,31). The summed E-state index contributed by atoms with van der Waals surface area (Å²) in [6, 6.07) is 19.4. The van der Waals surface area contributed by atoms with E-state index in [0.717, 1.165) is 21.0 Å². The van der Waals surface area contributed by atoms with Crippen LogP contribution in [-0.4, -0.2) is 147 Å². The topological polar surface area (TPSA) is 285 Å². The molecular weight excluding hydrogens is 1060 g/mol. The van der Waals surface area contributed by atoms with Gasteiger partial charge in [0.25, 0.3) is 11.8 Å². The number of phenolic OH excluding ortho intramolecular Hbond substituents is 1. The van der Waals surface area contributed by atoms with Gasteiger partial charge in [0.2, 0.25) is 11.9 Å². The number of ether oxygens (including phenoxy) is 7. The van der Waals surface area contributed by atoms with Crippen molar-refractivity contribution in [3.8, 4) is 34.5 Å². The smallest absolute Gasteiger partial charge is 0.341 e. The Balaban J connectivity index is 0.000000192. The highest BCUT2D eigenvalue weighted by atomic mass is 32.1. The van der Waals surface area contributed by atoms with Gasteiger partial charge in [0.05, 0.1) is 60.8 Å². The van der Waals surface area contributed by atoms with Crippen molar-refractivity contribution in [2.75, 3.05) is 96.4 Å². The van der Waals surface area contributed by atoms with E-state index in [-0.39, 0.29) is 52.1 Å². The minimum Gasteiger partial charge on any atom is -0.507 e. The van der Waals surface area contributed by atoms with Crippen LogP contribution >= 0.6 is 22.7 Å². The lowest BCUT2D eigenvalue weighted by Gasteiger charge is -2.18. The van der Waals surface area contributed by atoms with Crippen molar-refractivity contribution in [3.05, 3.63) is 106 Å². The largest absolute Gasteiger partial charge is 0.507 e. The molecule has 26 heteroatoms. The summed E-state index contributed by atoms with van der Waals surface area (Å²) in [7, 11) is 10.3. The normalized spacial score (nSPS) is 14.7. The third kappa shape index (κ3) is 12.1. The van der Waals surface area contributed by atoms with Crippen LogP contribution in [0.3, 0.4) is 0 Å². The number of esters is 2. The fourth-order valence-electron chi connectivity index (χ4n) is 8.78. The molecular formula is C53H54N12O12S2. The van der Waals surface area contributed by atoms with Gasteiger partial charge in [0, 0.05) is 72.9 Å². The summed E-state index contributed by atoms with van der Waals surface area (Å²) in [5.41, 5.74) is 7.14. The zero-order valence-corrected chi connectivity index (χ0v) is 45.4. The first-order valence-electron chi connectivity index (χ1n) is 24.3. The number of nitrogens with zero attached hydrogens (tertiary/aromatic N) is 8. The Morgan fingerprint density at radius 3 is 1.42 bits per heavy atom. The molecule has 410 valence electrons. The molecule has 79 heavy (non-hydrogen) atoms. The van der Waals surface area contributed by atoms with Crippen molar-refractivity contribution in [2.24, 2.45) is 0 Å². The van der Waals surface area contributed by atoms with Crippen LogP contribution in [0.1, 0.15) is 54.3 Å². The van der Waals surface area contributed by atoms with E-state index in [9.17, 15) is 24.3 Å². The van der Waals surface area contributed by atoms with Gasteiger partial charge in [-0.05, 0) is 73.5 Å². The zero-order valence-electron chi connectivity index (χ0n) is 43.8. The number of phenols is 1. The minimum absolute atomic E-state index is 0.00537. The molecule has 0 aliphatic carbocycles. The number of fused-ring (bicyclic) bond motifs is 2. The number of nitrogens with one attached hydrogen (secondary N) is 4. The summed E-state index contributed by atoms with van der Waals surface area (Å²) in [5.74, 6) is 2.71. The van der Waals surface area contributed by atoms with Crippen molar-refractivity contribution in [3.63, 3.8) is 0 Å². The maximum absolute atomic E-state index is 13.0. The first kappa shape index (κ1) is 54.5. The molecule has 2 unspecified atom stereocenters. The number of anilines is 6. The quantitative estimate of drug-likeness (QED) is 0.0574. The van der Waals surface area contributed by atoms with Crippen LogP contribution in [0.4, 0.5) is 34.9 Å². The van der Waals surface area contributed by atoms with Gasteiger partial charge in [-0.3, -0.25) is 9.59 Å². The van der Waals surface area contributed by atoms with E-state index in [0.29, 0.717) is 102 Å². The highest BCUT2D eigenvalue weighted by molar-refractivity contribution is 7.16. The SMILES string of the molecule is COC(=O)c1ccc(C(=O)NC2CCN(c3nc(Nc4ccc(OC)c(OC)c4)c4ncsc4n3)C2)cc1O.COC(=O)c1ccc(C(=O)NC2CCN(c3nc(Nc4ccc(OC)c(OC)c4)c4ncsc4n3)C2)cc1OC. The second-order valence-corrected chi connectivity index (χ2v) is 19.3. The third-order valence-electron chi connectivity index (χ3n) is 12.8. The van der Waals surface area contributed by atoms with E-state index in [2.05, 4.69) is 36.0 Å². The highest BCUT2D eigenvalue weighted by Gasteiger charge is 2.30. The molecule has 2 fully saturated rings. The van der Waals surface area contributed by atoms with Gasteiger partial charge in [0.1, 0.15) is 33.7 Å². The summed E-state index contributed by atoms with van der Waals surface area (Å²) in [6.07, 6.45) is 1.39. The summed E-state index contributed by atoms with van der Waals surface area (Å²) in [5, 5.41) is 22.8. The molecule has 0 spiro atoms. The van der Waals surface area contributed by atoms with Crippen LogP contribution < -0.4 is 54.8 Å². The Kier molecular flexibility index (Phi) is 16.8. The molecule has 0 saturated carbocycles. The van der Waals surface area contributed by atoms with Gasteiger partial charge in [0.15, 0.2) is 44.3 Å². The van der Waals surface area contributed by atoms with Gasteiger partial charge < -0.3 is 69.3 Å². The number of aromatic hydroxyl groups is 1. The Morgan fingerprint density at radius 1 is 0.532 bits per heavy atom. The average Bonchev–Trinajstić information content (AvgIpc) is 4.48. The van der Waals surface area contributed by atoms with Crippen molar-refractivity contribution < 1.29 is 57.4 Å². The second kappa shape index (κ2) is 24.4. The Morgan fingerprint density at radius 2 is 0.975 bits per heavy atom. The molecule has 0 radical (unpaired) electrons. The molecule has 6 heterocycles. The van der Waals surface area contributed by atoms with E-state index in [1.807, 2.05) is 40.1 Å². The number of benzene rings is 4. The molecule has 2 aliphatic rings. The average molecular weight is 1120 g/mol. The Labute approximate surface area is 460 Å². The van der Waals surface area contributed by atoms with Crippen LogP contribution in [0.5, 0.6) is 34.5 Å². The van der Waals surface area contributed by atoms with Crippen molar-refractivity contribution >= 4 is 102 Å². The van der Waals surface area contributed by atoms with Crippen molar-refractivity contribution in [1.29, 1.82) is 0 Å². The molecule has 2 saturated heterocycles. The maximum Gasteiger partial charge on any atom is 0.341 e. The van der Waals surface area contributed by atoms with Gasteiger partial charge in [-0.15, -0.1) is 22.7 Å². The van der Waals surface area contributed by atoms with E-state index >= 15 is 0 Å². The van der Waals surface area contributed by atoms with Crippen LogP contribution in [-0.2, 0) is 9.47 Å². The number of amides is 2. The number of methoxy groups -OCH3 is 7. The van der Waals surface area contributed by atoms with Crippen LogP contribution in [0.15, 0.2) is 83.8 Å². The first-order chi connectivity index (χ1) is 38.3. The molecule has 4 aromatic heterocycles. The van der Waals surface area contributed by atoms with Crippen LogP contribution in [0, 0.1) is 0 Å². The summed E-state index contributed by atoms with van der Waals surface area (Å²) in [4.78, 5) is 82.8. The Hall–Kier alpha value is -9.30. The molecule has 2 atom stereocenters. The van der Waals surface area contributed by atoms with E-state index in [4.69, 9.17) is 48.4 Å². The molecule has 2 amide bonds. The predicted molar refractivity (Wildman–Crippen MR) is 296 cm³/mol. The molecule has 2 aliphatic heterocycles. The second-order valence-electron chi connectivity index (χ2n) is 17.6. The molecule has 5 N–H and O–H groups in total. The molecule has 24 nitrogen and oxygen atoms in total. The fraction of sp³-hybridized carbons (Fsp3) is 0.283. The number of carbonyl (C=O) groups is 4. The number of hydrogen-bond acceptors (Lipinski definition) is 24. The molecule has 0 bridgehead atoms. The van der Waals surface area contributed by atoms with Crippen LogP contribution in [0.2, 0.25) is 0 Å². The molecule has 8 aromatic rings. The van der Waals surface area contributed by atoms with Gasteiger partial charge in [-0.25, -0.2) is 19.6 Å². The summed E-state index contributed by atoms with van der Waals surface area (Å²) >= 11 is 2.84. The van der Waals surface area contributed by atoms with Crippen LogP contribution in [0.25, 0.3) is 20.7 Å². The number of thiazole rings is 2. The first-order valence-corrected chi connectivity index (χ1v) is 26.1. The van der Waals surface area contributed by atoms with Crippen molar-refractivity contribution in [2.45, 2.75) is 24.9 Å². The maximum atomic E-state index is 13.0. The number of rotatable bonds is 17. The lowest BCUT2D eigenvalue weighted by Crippen LogP contribution is -2.37. The van der Waals surface area contributed by atoms with E-state index < -0.39 is 11.9 Å². The zero-order chi connectivity index (χ0) is 55.7. The molecule has 4 aromatic carbocycles. The van der Waals surface area contributed by atoms with Gasteiger partial charge >= 0.3 is 11.9 Å². The number of aromatic nitrogens is 6. The van der Waals surface area contributed by atoms with E-state index in [1.54, 1.807) is 51.6 Å². The van der Waals surface area contributed by atoms with E-state index in [1.165, 1.54) is 74.3 Å². The van der Waals surface area contributed by atoms with Gasteiger partial charge in [-0.1, -0.05) is 0 Å². The highest BCUT2D eigenvalue weighted by Crippen LogP contribution is 2.36. The minimum atomic E-state index is -0.677. The number of carbonyl (C=O) groups excluding carboxylic acids is 4. The lowest BCUT2D eigenvalue weighted by molar-refractivity contribution is 0.0588. The number of hydrogen-bond donors (Lipinski definition) is 5. The monoisotopic (exact) mass is 1110 g/mol. The third-order valence-corrected chi connectivity index (χ3v) is 14.2. The fourth-order valence-corrected chi connectivity index (χ4v) is 10.1. The van der Waals surface area contributed by atoms with Gasteiger partial charge in [-0.2, -0.15) is 19.9 Å².